The first-order valence-corrected chi connectivity index (χ1v) is 7.63. The Hall–Kier alpha value is -1.36. The first kappa shape index (κ1) is 13.6. The Morgan fingerprint density at radius 1 is 1.15 bits per heavy atom. The standard InChI is InChI=1S/C15H14ClNO2S/c16-11-3-1-2-4-15(11)20-8-12(17)10-5-6-13-14(7-10)19-9-18-13/h1-7,12H,8-9,17H2. The van der Waals surface area contributed by atoms with Gasteiger partial charge in [-0.15, -0.1) is 11.8 Å². The van der Waals surface area contributed by atoms with E-state index >= 15 is 0 Å². The summed E-state index contributed by atoms with van der Waals surface area (Å²) in [5.74, 6) is 2.30. The minimum atomic E-state index is -0.0780. The summed E-state index contributed by atoms with van der Waals surface area (Å²) in [6.45, 7) is 0.280. The zero-order valence-corrected chi connectivity index (χ0v) is 12.3. The number of rotatable bonds is 4. The Bertz CT molecular complexity index is 621. The number of hydrogen-bond acceptors (Lipinski definition) is 4. The van der Waals surface area contributed by atoms with E-state index in [1.54, 1.807) is 11.8 Å². The fourth-order valence-electron chi connectivity index (χ4n) is 1.98. The molecule has 2 aromatic rings. The molecule has 1 heterocycles. The topological polar surface area (TPSA) is 44.5 Å². The summed E-state index contributed by atoms with van der Waals surface area (Å²) in [4.78, 5) is 1.05. The lowest BCUT2D eigenvalue weighted by atomic mass is 10.1. The number of hydrogen-bond donors (Lipinski definition) is 1. The molecule has 0 saturated carbocycles. The summed E-state index contributed by atoms with van der Waals surface area (Å²) in [5.41, 5.74) is 7.26. The second-order valence-corrected chi connectivity index (χ2v) is 5.93. The molecule has 2 N–H and O–H groups in total. The van der Waals surface area contributed by atoms with E-state index in [2.05, 4.69) is 0 Å². The molecule has 0 amide bonds. The van der Waals surface area contributed by atoms with Crippen LogP contribution >= 0.6 is 23.4 Å². The van der Waals surface area contributed by atoms with Crippen LogP contribution in [-0.2, 0) is 0 Å². The maximum absolute atomic E-state index is 6.23. The lowest BCUT2D eigenvalue weighted by molar-refractivity contribution is 0.174. The molecule has 2 aromatic carbocycles. The van der Waals surface area contributed by atoms with Crippen molar-refractivity contribution in [2.45, 2.75) is 10.9 Å². The van der Waals surface area contributed by atoms with E-state index in [1.165, 1.54) is 0 Å². The molecule has 0 fully saturated rings. The van der Waals surface area contributed by atoms with Gasteiger partial charge < -0.3 is 15.2 Å². The van der Waals surface area contributed by atoms with E-state index in [-0.39, 0.29) is 12.8 Å². The van der Waals surface area contributed by atoms with Crippen LogP contribution in [0.25, 0.3) is 0 Å². The van der Waals surface area contributed by atoms with Gasteiger partial charge in [-0.25, -0.2) is 0 Å². The number of ether oxygens (including phenoxy) is 2. The Labute approximate surface area is 127 Å². The van der Waals surface area contributed by atoms with Gasteiger partial charge in [0.2, 0.25) is 6.79 Å². The van der Waals surface area contributed by atoms with Crippen molar-refractivity contribution in [1.82, 2.24) is 0 Å². The fourth-order valence-corrected chi connectivity index (χ4v) is 3.21. The molecule has 1 atom stereocenters. The van der Waals surface area contributed by atoms with Gasteiger partial charge >= 0.3 is 0 Å². The van der Waals surface area contributed by atoms with Gasteiger partial charge in [0.05, 0.1) is 5.02 Å². The highest BCUT2D eigenvalue weighted by Crippen LogP contribution is 2.35. The quantitative estimate of drug-likeness (QED) is 0.871. The van der Waals surface area contributed by atoms with Crippen LogP contribution in [-0.4, -0.2) is 12.5 Å². The summed E-state index contributed by atoms with van der Waals surface area (Å²) >= 11 is 7.79. The second kappa shape index (κ2) is 5.95. The molecule has 1 aliphatic heterocycles. The smallest absolute Gasteiger partial charge is 0.231 e. The van der Waals surface area contributed by atoms with Crippen molar-refractivity contribution in [3.05, 3.63) is 53.1 Å². The van der Waals surface area contributed by atoms with Gasteiger partial charge in [0, 0.05) is 16.7 Å². The van der Waals surface area contributed by atoms with Crippen molar-refractivity contribution in [2.75, 3.05) is 12.5 Å². The Kier molecular flexibility index (Phi) is 4.05. The molecule has 3 rings (SSSR count). The van der Waals surface area contributed by atoms with Crippen LogP contribution in [0.3, 0.4) is 0 Å². The molecule has 0 spiro atoms. The molecule has 3 nitrogen and oxygen atoms in total. The minimum absolute atomic E-state index is 0.0780. The maximum Gasteiger partial charge on any atom is 0.231 e. The Morgan fingerprint density at radius 2 is 1.95 bits per heavy atom. The normalized spacial score (nSPS) is 14.3. The zero-order chi connectivity index (χ0) is 13.9. The van der Waals surface area contributed by atoms with E-state index in [1.807, 2.05) is 42.5 Å². The first-order valence-electron chi connectivity index (χ1n) is 6.26. The lowest BCUT2D eigenvalue weighted by Crippen LogP contribution is -2.12. The number of halogens is 1. The van der Waals surface area contributed by atoms with Crippen molar-refractivity contribution in [3.8, 4) is 11.5 Å². The highest BCUT2D eigenvalue weighted by molar-refractivity contribution is 7.99. The third-order valence-corrected chi connectivity index (χ3v) is 4.71. The highest BCUT2D eigenvalue weighted by Gasteiger charge is 2.16. The van der Waals surface area contributed by atoms with Crippen LogP contribution in [0.5, 0.6) is 11.5 Å². The van der Waals surface area contributed by atoms with Gasteiger partial charge in [-0.2, -0.15) is 0 Å². The number of nitrogens with two attached hydrogens (primary N) is 1. The number of benzene rings is 2. The minimum Gasteiger partial charge on any atom is -0.454 e. The van der Waals surface area contributed by atoms with E-state index in [0.29, 0.717) is 0 Å². The number of thioether (sulfide) groups is 1. The summed E-state index contributed by atoms with van der Waals surface area (Å²) in [6.07, 6.45) is 0. The zero-order valence-electron chi connectivity index (χ0n) is 10.7. The molecular weight excluding hydrogens is 294 g/mol. The molecule has 0 aromatic heterocycles. The average molecular weight is 308 g/mol. The van der Waals surface area contributed by atoms with Crippen LogP contribution < -0.4 is 15.2 Å². The van der Waals surface area contributed by atoms with Crippen LogP contribution in [0.15, 0.2) is 47.4 Å². The lowest BCUT2D eigenvalue weighted by Gasteiger charge is -2.13. The molecule has 104 valence electrons. The molecule has 0 aliphatic carbocycles. The Balaban J connectivity index is 1.67. The van der Waals surface area contributed by atoms with E-state index in [4.69, 9.17) is 26.8 Å². The predicted octanol–water partition coefficient (Wildman–Crippen LogP) is 3.86. The van der Waals surface area contributed by atoms with Crippen molar-refractivity contribution < 1.29 is 9.47 Å². The summed E-state index contributed by atoms with van der Waals surface area (Å²) < 4.78 is 10.7. The van der Waals surface area contributed by atoms with E-state index in [0.717, 1.165) is 32.7 Å². The molecule has 0 radical (unpaired) electrons. The van der Waals surface area contributed by atoms with Gasteiger partial charge in [-0.3, -0.25) is 0 Å². The molecule has 0 bridgehead atoms. The largest absolute Gasteiger partial charge is 0.454 e. The molecule has 20 heavy (non-hydrogen) atoms. The third kappa shape index (κ3) is 2.87. The van der Waals surface area contributed by atoms with Crippen LogP contribution in [0.2, 0.25) is 5.02 Å². The van der Waals surface area contributed by atoms with Crippen molar-refractivity contribution in [1.29, 1.82) is 0 Å². The summed E-state index contributed by atoms with van der Waals surface area (Å²) in [6, 6.07) is 13.5. The van der Waals surface area contributed by atoms with E-state index < -0.39 is 0 Å². The van der Waals surface area contributed by atoms with Gasteiger partial charge in [0.1, 0.15) is 0 Å². The molecular formula is C15H14ClNO2S. The van der Waals surface area contributed by atoms with Crippen LogP contribution in [0.4, 0.5) is 0 Å². The van der Waals surface area contributed by atoms with E-state index in [9.17, 15) is 0 Å². The first-order chi connectivity index (χ1) is 9.74. The van der Waals surface area contributed by atoms with Gasteiger partial charge in [-0.05, 0) is 29.8 Å². The van der Waals surface area contributed by atoms with Crippen molar-refractivity contribution in [3.63, 3.8) is 0 Å². The van der Waals surface area contributed by atoms with Gasteiger partial charge in [0.15, 0.2) is 11.5 Å². The highest BCUT2D eigenvalue weighted by atomic mass is 35.5. The average Bonchev–Trinajstić information content (AvgIpc) is 2.93. The SMILES string of the molecule is NC(CSc1ccccc1Cl)c1ccc2c(c1)OCO2. The summed E-state index contributed by atoms with van der Waals surface area (Å²) in [5, 5.41) is 0.760. The number of fused-ring (bicyclic) bond motifs is 1. The van der Waals surface area contributed by atoms with Crippen LogP contribution in [0.1, 0.15) is 11.6 Å². The van der Waals surface area contributed by atoms with Crippen LogP contribution in [0, 0.1) is 0 Å². The third-order valence-electron chi connectivity index (χ3n) is 3.08. The molecule has 5 heteroatoms. The fraction of sp³-hybridized carbons (Fsp3) is 0.200. The Morgan fingerprint density at radius 3 is 2.80 bits per heavy atom. The van der Waals surface area contributed by atoms with Crippen molar-refractivity contribution >= 4 is 23.4 Å². The van der Waals surface area contributed by atoms with Crippen molar-refractivity contribution in [2.24, 2.45) is 5.73 Å². The molecule has 0 saturated heterocycles. The van der Waals surface area contributed by atoms with Gasteiger partial charge in [-0.1, -0.05) is 29.8 Å². The summed E-state index contributed by atoms with van der Waals surface area (Å²) in [7, 11) is 0. The second-order valence-electron chi connectivity index (χ2n) is 4.46. The monoisotopic (exact) mass is 307 g/mol. The van der Waals surface area contributed by atoms with Gasteiger partial charge in [0.25, 0.3) is 0 Å². The molecule has 1 unspecified atom stereocenters. The maximum atomic E-state index is 6.23. The predicted molar refractivity (Wildman–Crippen MR) is 81.7 cm³/mol. The molecule has 1 aliphatic rings.